The first-order chi connectivity index (χ1) is 9.78. The first kappa shape index (κ1) is 16.9. The molecule has 1 unspecified atom stereocenters. The molecule has 4 nitrogen and oxygen atoms in total. The number of rotatable bonds is 6. The highest BCUT2D eigenvalue weighted by Crippen LogP contribution is 2.37. The molecule has 1 aromatic rings. The van der Waals surface area contributed by atoms with Crippen molar-refractivity contribution >= 4 is 22.6 Å². The summed E-state index contributed by atoms with van der Waals surface area (Å²) in [5.74, 6) is -1.21. The molecule has 0 fully saturated rings. The van der Waals surface area contributed by atoms with Crippen molar-refractivity contribution in [1.29, 1.82) is 0 Å². The van der Waals surface area contributed by atoms with E-state index in [9.17, 15) is 10.2 Å². The van der Waals surface area contributed by atoms with Crippen LogP contribution in [0.3, 0.4) is 0 Å². The zero-order valence-corrected chi connectivity index (χ0v) is 14.4. The van der Waals surface area contributed by atoms with E-state index in [2.05, 4.69) is 22.6 Å². The van der Waals surface area contributed by atoms with Crippen LogP contribution in [0.15, 0.2) is 40.0 Å². The molecule has 1 aliphatic carbocycles. The normalized spacial score (nSPS) is 26.0. The average Bonchev–Trinajstić information content (AvgIpc) is 2.63. The maximum Gasteiger partial charge on any atom is 0.160 e. The van der Waals surface area contributed by atoms with Crippen LogP contribution in [0.1, 0.15) is 25.8 Å². The number of halogens is 1. The van der Waals surface area contributed by atoms with Crippen molar-refractivity contribution in [2.24, 2.45) is 0 Å². The maximum absolute atomic E-state index is 10.6. The maximum atomic E-state index is 10.6. The number of aliphatic hydroxyl groups is 2. The lowest BCUT2D eigenvalue weighted by atomic mass is 10.0. The van der Waals surface area contributed by atoms with Gasteiger partial charge in [-0.05, 0) is 48.1 Å². The molecule has 2 N–H and O–H groups in total. The first-order valence-electron chi connectivity index (χ1n) is 6.90. The van der Waals surface area contributed by atoms with Crippen molar-refractivity contribution < 1.29 is 19.7 Å². The number of hydrogen-bond acceptors (Lipinski definition) is 4. The standard InChI is InChI=1S/C16H21IO4/c1-15(2,18)21-13-8-14(17)16(19,9-13)11-20-10-12-6-4-3-5-7-12/h3-8,13,18-19H,9-11H2,1-2H3/t13?,16-/m0/s1. The second-order valence-electron chi connectivity index (χ2n) is 5.83. The van der Waals surface area contributed by atoms with Crippen molar-refractivity contribution in [1.82, 2.24) is 0 Å². The summed E-state index contributed by atoms with van der Waals surface area (Å²) in [5.41, 5.74) is 0.0352. The van der Waals surface area contributed by atoms with E-state index in [0.29, 0.717) is 13.0 Å². The Hall–Kier alpha value is -0.470. The molecule has 116 valence electrons. The van der Waals surface area contributed by atoms with E-state index in [4.69, 9.17) is 9.47 Å². The minimum atomic E-state index is -1.21. The van der Waals surface area contributed by atoms with E-state index in [1.54, 1.807) is 13.8 Å². The van der Waals surface area contributed by atoms with Crippen LogP contribution in [-0.2, 0) is 16.1 Å². The Kier molecular flexibility index (Phi) is 5.43. The molecule has 0 radical (unpaired) electrons. The van der Waals surface area contributed by atoms with Crippen LogP contribution in [0.5, 0.6) is 0 Å². The smallest absolute Gasteiger partial charge is 0.160 e. The van der Waals surface area contributed by atoms with Crippen molar-refractivity contribution in [2.45, 2.75) is 44.4 Å². The second kappa shape index (κ2) is 6.75. The molecule has 0 spiro atoms. The Balaban J connectivity index is 1.87. The summed E-state index contributed by atoms with van der Waals surface area (Å²) in [6.07, 6.45) is 1.93. The summed E-state index contributed by atoms with van der Waals surface area (Å²) < 4.78 is 11.9. The largest absolute Gasteiger partial charge is 0.382 e. The SMILES string of the molecule is CC(C)(O)OC1C=C(I)[C@@](O)(COCc2ccccc2)C1. The predicted octanol–water partition coefficient (Wildman–Crippen LogP) is 2.77. The van der Waals surface area contributed by atoms with Gasteiger partial charge in [-0.25, -0.2) is 0 Å². The van der Waals surface area contributed by atoms with E-state index in [1.807, 2.05) is 36.4 Å². The van der Waals surface area contributed by atoms with E-state index in [0.717, 1.165) is 9.14 Å². The average molecular weight is 404 g/mol. The number of benzene rings is 1. The van der Waals surface area contributed by atoms with Gasteiger partial charge in [0.25, 0.3) is 0 Å². The fourth-order valence-corrected chi connectivity index (χ4v) is 3.07. The monoisotopic (exact) mass is 404 g/mol. The summed E-state index contributed by atoms with van der Waals surface area (Å²) in [4.78, 5) is 0. The minimum absolute atomic E-state index is 0.211. The molecule has 0 amide bonds. The van der Waals surface area contributed by atoms with E-state index < -0.39 is 11.4 Å². The molecule has 0 saturated heterocycles. The molecule has 5 heteroatoms. The van der Waals surface area contributed by atoms with Gasteiger partial charge in [0.15, 0.2) is 5.79 Å². The topological polar surface area (TPSA) is 58.9 Å². The summed E-state index contributed by atoms with van der Waals surface area (Å²) in [6.45, 7) is 3.83. The van der Waals surface area contributed by atoms with Gasteiger partial charge in [-0.2, -0.15) is 0 Å². The molecular formula is C16H21IO4. The van der Waals surface area contributed by atoms with Crippen LogP contribution < -0.4 is 0 Å². The van der Waals surface area contributed by atoms with Crippen LogP contribution in [0.2, 0.25) is 0 Å². The van der Waals surface area contributed by atoms with Crippen LogP contribution >= 0.6 is 22.6 Å². The molecule has 1 aliphatic rings. The van der Waals surface area contributed by atoms with Gasteiger partial charge in [-0.15, -0.1) is 0 Å². The summed E-state index contributed by atoms with van der Waals surface area (Å²) >= 11 is 2.10. The molecule has 0 saturated carbocycles. The van der Waals surface area contributed by atoms with E-state index in [1.165, 1.54) is 0 Å². The summed E-state index contributed by atoms with van der Waals surface area (Å²) in [7, 11) is 0. The van der Waals surface area contributed by atoms with Gasteiger partial charge in [-0.1, -0.05) is 30.3 Å². The first-order valence-corrected chi connectivity index (χ1v) is 7.98. The van der Waals surface area contributed by atoms with Crippen LogP contribution in [0.4, 0.5) is 0 Å². The highest BCUT2D eigenvalue weighted by Gasteiger charge is 2.40. The Labute approximate surface area is 138 Å². The molecule has 1 aromatic carbocycles. The van der Waals surface area contributed by atoms with Gasteiger partial charge in [0.2, 0.25) is 0 Å². The molecule has 21 heavy (non-hydrogen) atoms. The summed E-state index contributed by atoms with van der Waals surface area (Å²) in [5, 5.41) is 20.3. The Morgan fingerprint density at radius 3 is 2.62 bits per heavy atom. The van der Waals surface area contributed by atoms with Gasteiger partial charge < -0.3 is 19.7 Å². The zero-order valence-electron chi connectivity index (χ0n) is 12.3. The lowest BCUT2D eigenvalue weighted by molar-refractivity contribution is -0.200. The van der Waals surface area contributed by atoms with Crippen LogP contribution in [0.25, 0.3) is 0 Å². The van der Waals surface area contributed by atoms with Gasteiger partial charge in [0, 0.05) is 10.0 Å². The van der Waals surface area contributed by atoms with Crippen molar-refractivity contribution in [3.8, 4) is 0 Å². The summed E-state index contributed by atoms with van der Waals surface area (Å²) in [6, 6.07) is 9.84. The third kappa shape index (κ3) is 5.03. The molecule has 0 bridgehead atoms. The fraction of sp³-hybridized carbons (Fsp3) is 0.500. The van der Waals surface area contributed by atoms with E-state index in [-0.39, 0.29) is 12.7 Å². The third-order valence-corrected chi connectivity index (χ3v) is 4.57. The van der Waals surface area contributed by atoms with Crippen molar-refractivity contribution in [3.63, 3.8) is 0 Å². The van der Waals surface area contributed by atoms with Gasteiger partial charge >= 0.3 is 0 Å². The van der Waals surface area contributed by atoms with Gasteiger partial charge in [0.1, 0.15) is 5.60 Å². The zero-order chi connectivity index (χ0) is 15.5. The van der Waals surface area contributed by atoms with Crippen molar-refractivity contribution in [3.05, 3.63) is 45.6 Å². The van der Waals surface area contributed by atoms with Gasteiger partial charge in [0.05, 0.1) is 19.3 Å². The molecule has 2 rings (SSSR count). The minimum Gasteiger partial charge on any atom is -0.382 e. The lowest BCUT2D eigenvalue weighted by Gasteiger charge is -2.27. The molecule has 2 atom stereocenters. The van der Waals surface area contributed by atoms with Crippen LogP contribution in [0, 0.1) is 0 Å². The predicted molar refractivity (Wildman–Crippen MR) is 88.9 cm³/mol. The van der Waals surface area contributed by atoms with Crippen LogP contribution in [-0.4, -0.2) is 34.3 Å². The Morgan fingerprint density at radius 2 is 2.00 bits per heavy atom. The number of ether oxygens (including phenoxy) is 2. The molecule has 0 heterocycles. The van der Waals surface area contributed by atoms with Crippen molar-refractivity contribution in [2.75, 3.05) is 6.61 Å². The highest BCUT2D eigenvalue weighted by molar-refractivity contribution is 14.1. The highest BCUT2D eigenvalue weighted by atomic mass is 127. The number of hydrogen-bond donors (Lipinski definition) is 2. The molecule has 0 aromatic heterocycles. The third-order valence-electron chi connectivity index (χ3n) is 3.21. The van der Waals surface area contributed by atoms with E-state index >= 15 is 0 Å². The molecular weight excluding hydrogens is 383 g/mol. The van der Waals surface area contributed by atoms with Gasteiger partial charge in [-0.3, -0.25) is 0 Å². The lowest BCUT2D eigenvalue weighted by Crippen LogP contribution is -2.36. The second-order valence-corrected chi connectivity index (χ2v) is 6.99. The Morgan fingerprint density at radius 1 is 1.33 bits per heavy atom. The quantitative estimate of drug-likeness (QED) is 0.566. The fourth-order valence-electron chi connectivity index (χ4n) is 2.29. The molecule has 0 aliphatic heterocycles. The Bertz CT molecular complexity index is 495.